The predicted octanol–water partition coefficient (Wildman–Crippen LogP) is 4.13. The molecule has 23 heavy (non-hydrogen) atoms. The molecule has 0 spiro atoms. The third-order valence-corrected chi connectivity index (χ3v) is 4.73. The molecule has 1 aromatic heterocycles. The van der Waals surface area contributed by atoms with Crippen molar-refractivity contribution in [2.45, 2.75) is 25.9 Å². The van der Waals surface area contributed by atoms with Crippen LogP contribution in [0.1, 0.15) is 29.2 Å². The minimum absolute atomic E-state index is 0.574. The number of hydrogen-bond donors (Lipinski definition) is 2. The van der Waals surface area contributed by atoms with E-state index in [1.165, 1.54) is 34.1 Å². The minimum atomic E-state index is 0.574. The standard InChI is InChI=1S/C20H22N2O/c1-14-19(16-10-11-21-12-16)20-17(22-14)8-5-9-18(20)23-13-15-6-3-2-4-7-15/h2-9,16,21-22H,10-13H2,1H3. The number of aromatic nitrogens is 1. The van der Waals surface area contributed by atoms with Gasteiger partial charge in [0.15, 0.2) is 0 Å². The van der Waals surface area contributed by atoms with E-state index >= 15 is 0 Å². The maximum atomic E-state index is 6.18. The molecule has 1 fully saturated rings. The van der Waals surface area contributed by atoms with E-state index < -0.39 is 0 Å². The lowest BCUT2D eigenvalue weighted by Crippen LogP contribution is -2.08. The first-order chi connectivity index (χ1) is 11.3. The van der Waals surface area contributed by atoms with Gasteiger partial charge in [-0.05, 0) is 43.1 Å². The molecule has 3 nitrogen and oxygen atoms in total. The quantitative estimate of drug-likeness (QED) is 0.760. The topological polar surface area (TPSA) is 37.0 Å². The molecule has 1 aliphatic rings. The van der Waals surface area contributed by atoms with Gasteiger partial charge in [0.25, 0.3) is 0 Å². The number of aromatic amines is 1. The Morgan fingerprint density at radius 3 is 2.74 bits per heavy atom. The van der Waals surface area contributed by atoms with Gasteiger partial charge in [0.1, 0.15) is 12.4 Å². The molecule has 2 N–H and O–H groups in total. The van der Waals surface area contributed by atoms with Crippen molar-refractivity contribution in [3.8, 4) is 5.75 Å². The zero-order valence-electron chi connectivity index (χ0n) is 13.4. The molecule has 4 rings (SSSR count). The van der Waals surface area contributed by atoms with Crippen LogP contribution in [0.3, 0.4) is 0 Å². The first-order valence-electron chi connectivity index (χ1n) is 8.31. The van der Waals surface area contributed by atoms with Gasteiger partial charge >= 0.3 is 0 Å². The van der Waals surface area contributed by atoms with Crippen molar-refractivity contribution in [1.82, 2.24) is 10.3 Å². The summed E-state index contributed by atoms with van der Waals surface area (Å²) in [4.78, 5) is 3.53. The Labute approximate surface area is 136 Å². The van der Waals surface area contributed by atoms with Crippen molar-refractivity contribution < 1.29 is 4.74 Å². The molecule has 0 aliphatic carbocycles. The highest BCUT2D eigenvalue weighted by Crippen LogP contribution is 2.38. The number of ether oxygens (including phenoxy) is 1. The lowest BCUT2D eigenvalue weighted by molar-refractivity contribution is 0.310. The molecule has 0 amide bonds. The lowest BCUT2D eigenvalue weighted by Gasteiger charge is -2.13. The summed E-state index contributed by atoms with van der Waals surface area (Å²) in [6, 6.07) is 16.6. The average Bonchev–Trinajstić information content (AvgIpc) is 3.20. The summed E-state index contributed by atoms with van der Waals surface area (Å²) >= 11 is 0. The third kappa shape index (κ3) is 2.73. The first-order valence-corrected chi connectivity index (χ1v) is 8.31. The first kappa shape index (κ1) is 14.3. The Kier molecular flexibility index (Phi) is 3.80. The van der Waals surface area contributed by atoms with Crippen LogP contribution in [0.2, 0.25) is 0 Å². The fourth-order valence-electron chi connectivity index (χ4n) is 3.64. The predicted molar refractivity (Wildman–Crippen MR) is 94.0 cm³/mol. The summed E-state index contributed by atoms with van der Waals surface area (Å²) in [6.45, 7) is 4.94. The second-order valence-electron chi connectivity index (χ2n) is 6.31. The van der Waals surface area contributed by atoms with Gasteiger partial charge in [0.05, 0.1) is 0 Å². The fraction of sp³-hybridized carbons (Fsp3) is 0.300. The van der Waals surface area contributed by atoms with E-state index in [-0.39, 0.29) is 0 Å². The Bertz CT molecular complexity index is 801. The summed E-state index contributed by atoms with van der Waals surface area (Å²) < 4.78 is 6.18. The van der Waals surface area contributed by atoms with Crippen molar-refractivity contribution in [2.24, 2.45) is 0 Å². The van der Waals surface area contributed by atoms with Crippen molar-refractivity contribution in [2.75, 3.05) is 13.1 Å². The Morgan fingerprint density at radius 2 is 1.96 bits per heavy atom. The Balaban J connectivity index is 1.71. The highest BCUT2D eigenvalue weighted by Gasteiger charge is 2.24. The van der Waals surface area contributed by atoms with E-state index in [4.69, 9.17) is 4.74 Å². The third-order valence-electron chi connectivity index (χ3n) is 4.73. The second-order valence-corrected chi connectivity index (χ2v) is 6.31. The molecule has 0 saturated carbocycles. The monoisotopic (exact) mass is 306 g/mol. The SMILES string of the molecule is Cc1[nH]c2cccc(OCc3ccccc3)c2c1C1CCNC1. The fourth-order valence-corrected chi connectivity index (χ4v) is 3.64. The molecule has 1 aliphatic heterocycles. The summed E-state index contributed by atoms with van der Waals surface area (Å²) in [6.07, 6.45) is 1.20. The van der Waals surface area contributed by atoms with Crippen LogP contribution >= 0.6 is 0 Å². The molecule has 1 saturated heterocycles. The van der Waals surface area contributed by atoms with Gasteiger partial charge in [-0.1, -0.05) is 36.4 Å². The summed E-state index contributed by atoms with van der Waals surface area (Å²) in [5.74, 6) is 1.56. The molecule has 1 unspecified atom stereocenters. The number of aryl methyl sites for hydroxylation is 1. The zero-order valence-corrected chi connectivity index (χ0v) is 13.4. The average molecular weight is 306 g/mol. The largest absolute Gasteiger partial charge is 0.488 e. The Hall–Kier alpha value is -2.26. The van der Waals surface area contributed by atoms with Gasteiger partial charge in [-0.15, -0.1) is 0 Å². The Morgan fingerprint density at radius 1 is 1.09 bits per heavy atom. The van der Waals surface area contributed by atoms with Gasteiger partial charge in [0.2, 0.25) is 0 Å². The van der Waals surface area contributed by atoms with Crippen LogP contribution in [-0.2, 0) is 6.61 Å². The van der Waals surface area contributed by atoms with E-state index in [9.17, 15) is 0 Å². The van der Waals surface area contributed by atoms with E-state index in [1.807, 2.05) is 6.07 Å². The van der Waals surface area contributed by atoms with E-state index in [1.54, 1.807) is 0 Å². The highest BCUT2D eigenvalue weighted by atomic mass is 16.5. The second kappa shape index (κ2) is 6.09. The number of nitrogens with one attached hydrogen (secondary N) is 2. The molecule has 3 heteroatoms. The van der Waals surface area contributed by atoms with E-state index in [2.05, 4.69) is 59.7 Å². The smallest absolute Gasteiger partial charge is 0.129 e. The summed E-state index contributed by atoms with van der Waals surface area (Å²) in [7, 11) is 0. The maximum absolute atomic E-state index is 6.18. The molecule has 118 valence electrons. The van der Waals surface area contributed by atoms with Gasteiger partial charge < -0.3 is 15.0 Å². The van der Waals surface area contributed by atoms with Crippen LogP contribution in [0.4, 0.5) is 0 Å². The zero-order chi connectivity index (χ0) is 15.6. The molecule has 3 aromatic rings. The van der Waals surface area contributed by atoms with Crippen LogP contribution in [0.5, 0.6) is 5.75 Å². The van der Waals surface area contributed by atoms with Crippen LogP contribution in [0.15, 0.2) is 48.5 Å². The molecule has 2 aromatic carbocycles. The lowest BCUT2D eigenvalue weighted by atomic mass is 9.95. The van der Waals surface area contributed by atoms with E-state index in [0.717, 1.165) is 18.8 Å². The van der Waals surface area contributed by atoms with Crippen molar-refractivity contribution in [3.05, 3.63) is 65.4 Å². The van der Waals surface area contributed by atoms with Crippen molar-refractivity contribution in [3.63, 3.8) is 0 Å². The molecule has 0 radical (unpaired) electrons. The number of H-pyrrole nitrogens is 1. The normalized spacial score (nSPS) is 17.7. The number of fused-ring (bicyclic) bond motifs is 1. The molecule has 1 atom stereocenters. The highest BCUT2D eigenvalue weighted by molar-refractivity contribution is 5.91. The maximum Gasteiger partial charge on any atom is 0.129 e. The van der Waals surface area contributed by atoms with Gasteiger partial charge in [-0.3, -0.25) is 0 Å². The van der Waals surface area contributed by atoms with Gasteiger partial charge in [-0.2, -0.15) is 0 Å². The summed E-state index contributed by atoms with van der Waals surface area (Å²) in [5, 5.41) is 4.73. The number of hydrogen-bond acceptors (Lipinski definition) is 2. The van der Waals surface area contributed by atoms with Crippen molar-refractivity contribution in [1.29, 1.82) is 0 Å². The van der Waals surface area contributed by atoms with Crippen LogP contribution in [-0.4, -0.2) is 18.1 Å². The molecular weight excluding hydrogens is 284 g/mol. The van der Waals surface area contributed by atoms with Crippen LogP contribution in [0.25, 0.3) is 10.9 Å². The molecule has 0 bridgehead atoms. The van der Waals surface area contributed by atoms with Crippen LogP contribution in [0, 0.1) is 6.92 Å². The summed E-state index contributed by atoms with van der Waals surface area (Å²) in [5.41, 5.74) is 5.06. The minimum Gasteiger partial charge on any atom is -0.488 e. The van der Waals surface area contributed by atoms with Gasteiger partial charge in [0, 0.05) is 29.1 Å². The number of rotatable bonds is 4. The van der Waals surface area contributed by atoms with E-state index in [0.29, 0.717) is 12.5 Å². The molecular formula is C20H22N2O. The number of benzene rings is 2. The van der Waals surface area contributed by atoms with Gasteiger partial charge in [-0.25, -0.2) is 0 Å². The van der Waals surface area contributed by atoms with Crippen LogP contribution < -0.4 is 10.1 Å². The van der Waals surface area contributed by atoms with Crippen molar-refractivity contribution >= 4 is 10.9 Å². The molecule has 2 heterocycles.